The molecule has 0 atom stereocenters. The van der Waals surface area contributed by atoms with E-state index < -0.39 is 0 Å². The third-order valence-electron chi connectivity index (χ3n) is 13.6. The normalized spacial score (nSPS) is 14.6. The molecular weight excluding hydrogens is 741 g/mol. The van der Waals surface area contributed by atoms with Gasteiger partial charge in [0.15, 0.2) is 11.5 Å². The van der Waals surface area contributed by atoms with Crippen LogP contribution in [0.25, 0.3) is 44.2 Å². The van der Waals surface area contributed by atoms with Crippen LogP contribution in [0.3, 0.4) is 0 Å². The largest absolute Gasteiger partial charge is 0.453 e. The summed E-state index contributed by atoms with van der Waals surface area (Å²) in [5, 5.41) is 2.38. The standard InChI is InChI=1S/C58H44N2O/c1-57(2)48-18-11-10-17-46(48)47-32-31-44(36-50(47)57)59(42-27-21-38(22-28-42)37-13-6-5-7-14-37)43-29-23-39(24-30-43)41-25-33-52-51(35-41)58(3,4)49-19-12-20-53-56(49)60(52)55-45-16-9-8-15-40(45)26-34-54(55)61-53/h5-36H,1-4H3. The average Bonchev–Trinajstić information content (AvgIpc) is 3.53. The molecule has 2 heterocycles. The number of ether oxygens (including phenoxy) is 1. The summed E-state index contributed by atoms with van der Waals surface area (Å²) in [7, 11) is 0. The van der Waals surface area contributed by atoms with Gasteiger partial charge in [0.05, 0.1) is 17.1 Å². The van der Waals surface area contributed by atoms with Crippen molar-refractivity contribution >= 4 is 44.9 Å². The van der Waals surface area contributed by atoms with E-state index in [0.717, 1.165) is 39.9 Å². The van der Waals surface area contributed by atoms with Crippen LogP contribution in [0.5, 0.6) is 11.5 Å². The van der Waals surface area contributed by atoms with Gasteiger partial charge in [0.25, 0.3) is 0 Å². The Morgan fingerprint density at radius 3 is 1.77 bits per heavy atom. The summed E-state index contributed by atoms with van der Waals surface area (Å²) < 4.78 is 6.66. The van der Waals surface area contributed by atoms with Gasteiger partial charge >= 0.3 is 0 Å². The van der Waals surface area contributed by atoms with Crippen LogP contribution in [0.2, 0.25) is 0 Å². The number of anilines is 6. The van der Waals surface area contributed by atoms with E-state index in [2.05, 4.69) is 232 Å². The first-order valence-corrected chi connectivity index (χ1v) is 21.3. The van der Waals surface area contributed by atoms with Crippen LogP contribution in [0.1, 0.15) is 49.9 Å². The van der Waals surface area contributed by atoms with E-state index in [4.69, 9.17) is 4.74 Å². The molecule has 0 fully saturated rings. The lowest BCUT2D eigenvalue weighted by atomic mass is 9.72. The number of para-hydroxylation sites is 1. The molecule has 0 bridgehead atoms. The highest BCUT2D eigenvalue weighted by Crippen LogP contribution is 2.61. The molecule has 0 radical (unpaired) electrons. The zero-order valence-electron chi connectivity index (χ0n) is 34.8. The summed E-state index contributed by atoms with van der Waals surface area (Å²) in [6.07, 6.45) is 0. The molecular formula is C58H44N2O. The molecule has 9 aromatic carbocycles. The second-order valence-corrected chi connectivity index (χ2v) is 17.8. The van der Waals surface area contributed by atoms with Gasteiger partial charge in [0.1, 0.15) is 0 Å². The predicted octanol–water partition coefficient (Wildman–Crippen LogP) is 16.2. The van der Waals surface area contributed by atoms with Crippen LogP contribution in [0, 0.1) is 0 Å². The van der Waals surface area contributed by atoms with E-state index in [1.807, 2.05) is 0 Å². The lowest BCUT2D eigenvalue weighted by Crippen LogP contribution is -2.32. The zero-order chi connectivity index (χ0) is 41.0. The smallest absolute Gasteiger partial charge is 0.152 e. The van der Waals surface area contributed by atoms with E-state index >= 15 is 0 Å². The topological polar surface area (TPSA) is 15.7 Å². The van der Waals surface area contributed by atoms with Crippen LogP contribution >= 0.6 is 0 Å². The van der Waals surface area contributed by atoms with Crippen molar-refractivity contribution in [3.8, 4) is 44.9 Å². The molecule has 292 valence electrons. The fraction of sp³-hybridized carbons (Fsp3) is 0.103. The third kappa shape index (κ3) is 5.30. The van der Waals surface area contributed by atoms with Gasteiger partial charge in [0.2, 0.25) is 0 Å². The van der Waals surface area contributed by atoms with Gasteiger partial charge in [-0.05, 0) is 122 Å². The van der Waals surface area contributed by atoms with Crippen molar-refractivity contribution in [2.45, 2.75) is 38.5 Å². The van der Waals surface area contributed by atoms with Crippen LogP contribution in [-0.2, 0) is 10.8 Å². The number of nitrogens with zero attached hydrogens (tertiary/aromatic N) is 2. The Morgan fingerprint density at radius 2 is 0.984 bits per heavy atom. The van der Waals surface area contributed by atoms with E-state index in [1.54, 1.807) is 0 Å². The highest BCUT2D eigenvalue weighted by Gasteiger charge is 2.42. The SMILES string of the molecule is CC1(C)c2ccccc2-c2ccc(N(c3ccc(-c4ccccc4)cc3)c3ccc(-c4ccc5c(c4)C(C)(C)c4cccc6c4N5c4c(ccc5ccccc45)O6)cc3)cc21. The van der Waals surface area contributed by atoms with Crippen molar-refractivity contribution in [3.63, 3.8) is 0 Å². The highest BCUT2D eigenvalue weighted by atomic mass is 16.5. The molecule has 0 spiro atoms. The molecule has 3 aliphatic rings. The molecule has 61 heavy (non-hydrogen) atoms. The van der Waals surface area contributed by atoms with E-state index in [-0.39, 0.29) is 10.8 Å². The molecule has 3 heteroatoms. The van der Waals surface area contributed by atoms with Gasteiger partial charge in [-0.15, -0.1) is 0 Å². The van der Waals surface area contributed by atoms with Crippen LogP contribution < -0.4 is 14.5 Å². The van der Waals surface area contributed by atoms with Gasteiger partial charge in [-0.3, -0.25) is 0 Å². The van der Waals surface area contributed by atoms with Crippen molar-refractivity contribution in [2.24, 2.45) is 0 Å². The van der Waals surface area contributed by atoms with Gasteiger partial charge in [-0.2, -0.15) is 0 Å². The lowest BCUT2D eigenvalue weighted by Gasteiger charge is -2.45. The lowest BCUT2D eigenvalue weighted by molar-refractivity contribution is 0.472. The summed E-state index contributed by atoms with van der Waals surface area (Å²) in [4.78, 5) is 4.86. The number of rotatable bonds is 5. The van der Waals surface area contributed by atoms with Gasteiger partial charge in [0, 0.05) is 33.3 Å². The molecule has 3 nitrogen and oxygen atoms in total. The summed E-state index contributed by atoms with van der Waals surface area (Å²) >= 11 is 0. The molecule has 12 rings (SSSR count). The fourth-order valence-electron chi connectivity index (χ4n) is 10.4. The first kappa shape index (κ1) is 35.6. The van der Waals surface area contributed by atoms with E-state index in [9.17, 15) is 0 Å². The maximum atomic E-state index is 6.66. The van der Waals surface area contributed by atoms with Crippen LogP contribution in [0.15, 0.2) is 194 Å². The molecule has 1 aliphatic carbocycles. The summed E-state index contributed by atoms with van der Waals surface area (Å²) in [6, 6.07) is 71.1. The van der Waals surface area contributed by atoms with Crippen molar-refractivity contribution in [1.82, 2.24) is 0 Å². The minimum atomic E-state index is -0.262. The number of fused-ring (bicyclic) bond motifs is 9. The van der Waals surface area contributed by atoms with Crippen molar-refractivity contribution in [3.05, 3.63) is 216 Å². The number of benzene rings is 9. The van der Waals surface area contributed by atoms with Crippen molar-refractivity contribution < 1.29 is 4.74 Å². The molecule has 2 aliphatic heterocycles. The molecule has 0 amide bonds. The third-order valence-corrected chi connectivity index (χ3v) is 13.6. The first-order chi connectivity index (χ1) is 29.8. The maximum Gasteiger partial charge on any atom is 0.152 e. The molecule has 0 aromatic heterocycles. The van der Waals surface area contributed by atoms with E-state index in [0.29, 0.717) is 0 Å². The maximum absolute atomic E-state index is 6.66. The Morgan fingerprint density at radius 1 is 0.393 bits per heavy atom. The second-order valence-electron chi connectivity index (χ2n) is 17.8. The Balaban J connectivity index is 0.961. The monoisotopic (exact) mass is 784 g/mol. The highest BCUT2D eigenvalue weighted by molar-refractivity contribution is 6.06. The number of hydrogen-bond acceptors (Lipinski definition) is 3. The van der Waals surface area contributed by atoms with Crippen LogP contribution in [0.4, 0.5) is 34.1 Å². The first-order valence-electron chi connectivity index (χ1n) is 21.3. The van der Waals surface area contributed by atoms with Gasteiger partial charge < -0.3 is 14.5 Å². The number of hydrogen-bond donors (Lipinski definition) is 0. The van der Waals surface area contributed by atoms with Crippen molar-refractivity contribution in [1.29, 1.82) is 0 Å². The Kier molecular flexibility index (Phi) is 7.62. The zero-order valence-corrected chi connectivity index (χ0v) is 34.8. The van der Waals surface area contributed by atoms with Gasteiger partial charge in [-0.1, -0.05) is 161 Å². The Hall–Kier alpha value is -7.36. The molecule has 0 unspecified atom stereocenters. The average molecular weight is 785 g/mol. The summed E-state index contributed by atoms with van der Waals surface area (Å²) in [6.45, 7) is 9.41. The molecule has 9 aromatic rings. The van der Waals surface area contributed by atoms with Crippen molar-refractivity contribution in [2.75, 3.05) is 9.80 Å². The van der Waals surface area contributed by atoms with E-state index in [1.165, 1.54) is 72.1 Å². The Bertz CT molecular complexity index is 3220. The fourth-order valence-corrected chi connectivity index (χ4v) is 10.4. The molecule has 0 saturated heterocycles. The minimum absolute atomic E-state index is 0.104. The van der Waals surface area contributed by atoms with Gasteiger partial charge in [-0.25, -0.2) is 0 Å². The minimum Gasteiger partial charge on any atom is -0.453 e. The molecule has 0 N–H and O–H groups in total. The summed E-state index contributed by atoms with van der Waals surface area (Å²) in [5.74, 6) is 1.78. The molecule has 0 saturated carbocycles. The quantitative estimate of drug-likeness (QED) is 0.173. The summed E-state index contributed by atoms with van der Waals surface area (Å²) in [5.41, 5.74) is 19.2. The second kappa shape index (κ2) is 13.1. The van der Waals surface area contributed by atoms with Crippen LogP contribution in [-0.4, -0.2) is 0 Å². The Labute approximate surface area is 357 Å². The predicted molar refractivity (Wildman–Crippen MR) is 254 cm³/mol.